The molecule has 1 saturated heterocycles. The Morgan fingerprint density at radius 1 is 1.68 bits per heavy atom. The van der Waals surface area contributed by atoms with Gasteiger partial charge in [-0.3, -0.25) is 10.2 Å². The standard InChI is InChI=1S/C12H19N3O3S/c1-8-11(19-7-14-8)4-5-17-6-9-2-3-10(18-9)12(16)15-13/h7,9-10H,2-6,13H2,1H3,(H,15,16). The lowest BCUT2D eigenvalue weighted by Crippen LogP contribution is -2.39. The summed E-state index contributed by atoms with van der Waals surface area (Å²) in [7, 11) is 0. The summed E-state index contributed by atoms with van der Waals surface area (Å²) in [6.07, 6.45) is 1.96. The molecular weight excluding hydrogens is 266 g/mol. The lowest BCUT2D eigenvalue weighted by atomic mass is 10.2. The van der Waals surface area contributed by atoms with Crippen LogP contribution in [0, 0.1) is 6.92 Å². The monoisotopic (exact) mass is 285 g/mol. The molecule has 7 heteroatoms. The molecule has 2 rings (SSSR count). The van der Waals surface area contributed by atoms with Gasteiger partial charge in [-0.1, -0.05) is 0 Å². The molecule has 1 fully saturated rings. The number of hydrazine groups is 1. The van der Waals surface area contributed by atoms with Crippen LogP contribution in [0.5, 0.6) is 0 Å². The fourth-order valence-corrected chi connectivity index (χ4v) is 2.82. The van der Waals surface area contributed by atoms with Gasteiger partial charge in [0.1, 0.15) is 6.10 Å². The number of aryl methyl sites for hydroxylation is 1. The normalized spacial score (nSPS) is 22.6. The van der Waals surface area contributed by atoms with Crippen LogP contribution in [0.15, 0.2) is 5.51 Å². The first kappa shape index (κ1) is 14.4. The first-order valence-corrected chi connectivity index (χ1v) is 7.21. The number of thiazole rings is 1. The lowest BCUT2D eigenvalue weighted by Gasteiger charge is -2.12. The Labute approximate surface area is 116 Å². The van der Waals surface area contributed by atoms with Crippen molar-refractivity contribution < 1.29 is 14.3 Å². The van der Waals surface area contributed by atoms with Crippen molar-refractivity contribution >= 4 is 17.2 Å². The van der Waals surface area contributed by atoms with Gasteiger partial charge in [0.2, 0.25) is 0 Å². The van der Waals surface area contributed by atoms with E-state index in [0.717, 1.165) is 18.5 Å². The number of nitrogens with two attached hydrogens (primary N) is 1. The zero-order valence-corrected chi connectivity index (χ0v) is 11.7. The molecule has 0 aromatic carbocycles. The predicted octanol–water partition coefficient (Wildman–Crippen LogP) is 0.548. The van der Waals surface area contributed by atoms with Crippen molar-refractivity contribution in [1.29, 1.82) is 0 Å². The van der Waals surface area contributed by atoms with Crippen LogP contribution in [0.3, 0.4) is 0 Å². The zero-order valence-electron chi connectivity index (χ0n) is 10.9. The van der Waals surface area contributed by atoms with Gasteiger partial charge in [-0.25, -0.2) is 10.8 Å². The summed E-state index contributed by atoms with van der Waals surface area (Å²) in [5, 5.41) is 0. The van der Waals surface area contributed by atoms with E-state index < -0.39 is 6.10 Å². The molecule has 0 saturated carbocycles. The summed E-state index contributed by atoms with van der Waals surface area (Å²) in [6.45, 7) is 3.17. The number of ether oxygens (including phenoxy) is 2. The minimum Gasteiger partial charge on any atom is -0.378 e. The minimum atomic E-state index is -0.428. The van der Waals surface area contributed by atoms with E-state index in [-0.39, 0.29) is 12.0 Å². The van der Waals surface area contributed by atoms with Crippen molar-refractivity contribution in [1.82, 2.24) is 10.4 Å². The van der Waals surface area contributed by atoms with E-state index in [9.17, 15) is 4.79 Å². The molecule has 1 aliphatic heterocycles. The second-order valence-corrected chi connectivity index (χ2v) is 5.46. The molecule has 2 heterocycles. The molecule has 19 heavy (non-hydrogen) atoms. The molecular formula is C12H19N3O3S. The molecule has 2 atom stereocenters. The largest absolute Gasteiger partial charge is 0.378 e. The van der Waals surface area contributed by atoms with Gasteiger partial charge in [0.05, 0.1) is 30.5 Å². The molecule has 0 radical (unpaired) electrons. The minimum absolute atomic E-state index is 0.00939. The van der Waals surface area contributed by atoms with Crippen LogP contribution < -0.4 is 11.3 Å². The molecule has 3 N–H and O–H groups in total. The molecule has 6 nitrogen and oxygen atoms in total. The smallest absolute Gasteiger partial charge is 0.263 e. The van der Waals surface area contributed by atoms with Crippen molar-refractivity contribution in [2.75, 3.05) is 13.2 Å². The molecule has 0 spiro atoms. The van der Waals surface area contributed by atoms with Crippen LogP contribution in [0.2, 0.25) is 0 Å². The highest BCUT2D eigenvalue weighted by molar-refractivity contribution is 7.09. The van der Waals surface area contributed by atoms with E-state index in [2.05, 4.69) is 10.4 Å². The number of amides is 1. The van der Waals surface area contributed by atoms with Crippen molar-refractivity contribution in [2.45, 2.75) is 38.4 Å². The van der Waals surface area contributed by atoms with Crippen molar-refractivity contribution in [3.8, 4) is 0 Å². The van der Waals surface area contributed by atoms with Crippen molar-refractivity contribution in [3.63, 3.8) is 0 Å². The van der Waals surface area contributed by atoms with Crippen molar-refractivity contribution in [3.05, 3.63) is 16.1 Å². The maximum atomic E-state index is 11.3. The fourth-order valence-electron chi connectivity index (χ4n) is 2.06. The average Bonchev–Trinajstić information content (AvgIpc) is 3.03. The molecule has 1 aromatic rings. The number of nitrogens with one attached hydrogen (secondary N) is 1. The van der Waals surface area contributed by atoms with Gasteiger partial charge in [-0.2, -0.15) is 0 Å². The zero-order chi connectivity index (χ0) is 13.7. The molecule has 0 bridgehead atoms. The highest BCUT2D eigenvalue weighted by Gasteiger charge is 2.30. The second kappa shape index (κ2) is 6.95. The Kier molecular flexibility index (Phi) is 5.26. The summed E-state index contributed by atoms with van der Waals surface area (Å²) in [4.78, 5) is 16.7. The van der Waals surface area contributed by atoms with Gasteiger partial charge in [-0.15, -0.1) is 11.3 Å². The van der Waals surface area contributed by atoms with E-state index in [0.29, 0.717) is 19.6 Å². The number of rotatable bonds is 6. The highest BCUT2D eigenvalue weighted by atomic mass is 32.1. The number of hydrogen-bond acceptors (Lipinski definition) is 6. The van der Waals surface area contributed by atoms with Crippen LogP contribution in [0.1, 0.15) is 23.4 Å². The van der Waals surface area contributed by atoms with Gasteiger partial charge < -0.3 is 9.47 Å². The van der Waals surface area contributed by atoms with Crippen LogP contribution in [0.25, 0.3) is 0 Å². The van der Waals surface area contributed by atoms with E-state index in [4.69, 9.17) is 15.3 Å². The van der Waals surface area contributed by atoms with E-state index in [1.165, 1.54) is 4.88 Å². The van der Waals surface area contributed by atoms with Crippen LogP contribution in [0.4, 0.5) is 0 Å². The topological polar surface area (TPSA) is 86.5 Å². The van der Waals surface area contributed by atoms with Crippen LogP contribution in [-0.4, -0.2) is 36.3 Å². The molecule has 106 valence electrons. The lowest BCUT2D eigenvalue weighted by molar-refractivity contribution is -0.133. The number of carbonyl (C=O) groups excluding carboxylic acids is 1. The van der Waals surface area contributed by atoms with Gasteiger partial charge in [0.15, 0.2) is 0 Å². The fraction of sp³-hybridized carbons (Fsp3) is 0.667. The van der Waals surface area contributed by atoms with Gasteiger partial charge >= 0.3 is 0 Å². The number of carbonyl (C=O) groups is 1. The predicted molar refractivity (Wildman–Crippen MR) is 71.6 cm³/mol. The first-order valence-electron chi connectivity index (χ1n) is 6.33. The third kappa shape index (κ3) is 3.97. The summed E-state index contributed by atoms with van der Waals surface area (Å²) >= 11 is 1.65. The number of hydrogen-bond donors (Lipinski definition) is 2. The van der Waals surface area contributed by atoms with E-state index in [1.54, 1.807) is 11.3 Å². The maximum Gasteiger partial charge on any atom is 0.263 e. The summed E-state index contributed by atoms with van der Waals surface area (Å²) < 4.78 is 11.1. The number of nitrogens with zero attached hydrogens (tertiary/aromatic N) is 1. The van der Waals surface area contributed by atoms with E-state index >= 15 is 0 Å². The highest BCUT2D eigenvalue weighted by Crippen LogP contribution is 2.20. The van der Waals surface area contributed by atoms with E-state index in [1.807, 2.05) is 12.4 Å². The third-order valence-corrected chi connectivity index (χ3v) is 4.16. The average molecular weight is 285 g/mol. The Hall–Kier alpha value is -1.02. The summed E-state index contributed by atoms with van der Waals surface area (Å²) in [5.41, 5.74) is 5.03. The Bertz CT molecular complexity index is 424. The van der Waals surface area contributed by atoms with Gasteiger partial charge in [0.25, 0.3) is 5.91 Å². The molecule has 2 unspecified atom stereocenters. The first-order chi connectivity index (χ1) is 9.20. The quantitative estimate of drug-likeness (QED) is 0.345. The maximum absolute atomic E-state index is 11.3. The summed E-state index contributed by atoms with van der Waals surface area (Å²) in [6, 6.07) is 0. The van der Waals surface area contributed by atoms with Crippen LogP contribution >= 0.6 is 11.3 Å². The molecule has 1 aromatic heterocycles. The molecule has 1 aliphatic rings. The van der Waals surface area contributed by atoms with Gasteiger partial charge in [-0.05, 0) is 19.8 Å². The number of aromatic nitrogens is 1. The molecule has 0 aliphatic carbocycles. The SMILES string of the molecule is Cc1ncsc1CCOCC1CCC(C(=O)NN)O1. The van der Waals surface area contributed by atoms with Gasteiger partial charge in [0, 0.05) is 11.3 Å². The van der Waals surface area contributed by atoms with Crippen LogP contribution in [-0.2, 0) is 20.7 Å². The molecule has 1 amide bonds. The second-order valence-electron chi connectivity index (χ2n) is 4.52. The third-order valence-electron chi connectivity index (χ3n) is 3.16. The Morgan fingerprint density at radius 3 is 3.21 bits per heavy atom. The van der Waals surface area contributed by atoms with Crippen molar-refractivity contribution in [2.24, 2.45) is 5.84 Å². The Morgan fingerprint density at radius 2 is 2.53 bits per heavy atom. The summed E-state index contributed by atoms with van der Waals surface area (Å²) in [5.74, 6) is 4.81. The Balaban J connectivity index is 1.62.